The standard InChI is InChI=1S/C52H34.C46H36N2/c1-3-19-35(20-4-1)37-23-7-9-25-39(37)49-41-27-11-15-31-45(41)51(46-32-16-12-28-42(46)49)52-47-33-17-13-29-43(47)50(44-30-14-18-34-48(44)52)40-26-10-8-24-38(40)36-21-5-2-6-22-36;1-5-13-41(14-6-1)47(42-15-7-2-8-16-42)45-33-29-39(30-34-45)27-25-37-21-23-38(24-22-37)26-28-40-31-35-46(36-32-40)48(43-17-9-3-10-18-43)44-19-11-4-12-20-44/h1-34H;1-36H. The molecule has 17 rings (SSSR count). The minimum Gasteiger partial charge on any atom is -0.311 e. The normalized spacial score (nSPS) is 11.3. The summed E-state index contributed by atoms with van der Waals surface area (Å²) in [5.74, 6) is 0. The lowest BCUT2D eigenvalue weighted by Gasteiger charge is -2.25. The van der Waals surface area contributed by atoms with Crippen LogP contribution >= 0.6 is 0 Å². The molecule has 0 radical (unpaired) electrons. The van der Waals surface area contributed by atoms with Gasteiger partial charge in [-0.1, -0.05) is 352 Å². The largest absolute Gasteiger partial charge is 0.311 e. The van der Waals surface area contributed by atoms with Gasteiger partial charge in [-0.15, -0.1) is 0 Å². The summed E-state index contributed by atoms with van der Waals surface area (Å²) in [6.45, 7) is 0. The Kier molecular flexibility index (Phi) is 17.7. The summed E-state index contributed by atoms with van der Waals surface area (Å²) in [4.78, 5) is 4.55. The van der Waals surface area contributed by atoms with E-state index in [1.165, 1.54) is 98.7 Å². The Morgan fingerprint density at radius 1 is 0.140 bits per heavy atom. The lowest BCUT2D eigenvalue weighted by atomic mass is 9.79. The molecule has 0 heterocycles. The van der Waals surface area contributed by atoms with Crippen LogP contribution in [0.25, 0.3) is 123 Å². The fourth-order valence-corrected chi connectivity index (χ4v) is 14.3. The summed E-state index contributed by atoms with van der Waals surface area (Å²) in [7, 11) is 0. The maximum atomic E-state index is 2.33. The van der Waals surface area contributed by atoms with Gasteiger partial charge in [-0.3, -0.25) is 0 Å². The van der Waals surface area contributed by atoms with Gasteiger partial charge in [-0.2, -0.15) is 0 Å². The molecule has 0 aliphatic rings. The first-order chi connectivity index (χ1) is 49.7. The number of benzene rings is 17. The fraction of sp³-hybridized carbons (Fsp3) is 0. The van der Waals surface area contributed by atoms with Crippen molar-refractivity contribution in [1.29, 1.82) is 0 Å². The first-order valence-electron chi connectivity index (χ1n) is 34.3. The Morgan fingerprint density at radius 2 is 0.320 bits per heavy atom. The maximum absolute atomic E-state index is 2.33. The first-order valence-corrected chi connectivity index (χ1v) is 34.3. The van der Waals surface area contributed by atoms with Crippen LogP contribution in [0.15, 0.2) is 400 Å². The summed E-state index contributed by atoms with van der Waals surface area (Å²) >= 11 is 0. The van der Waals surface area contributed by atoms with E-state index in [-0.39, 0.29) is 0 Å². The van der Waals surface area contributed by atoms with Crippen molar-refractivity contribution < 1.29 is 0 Å². The molecule has 0 bridgehead atoms. The Labute approximate surface area is 585 Å². The molecule has 0 unspecified atom stereocenters. The first kappa shape index (κ1) is 61.7. The average Bonchev–Trinajstić information content (AvgIpc) is 0.709. The van der Waals surface area contributed by atoms with E-state index in [1.807, 2.05) is 0 Å². The van der Waals surface area contributed by atoms with E-state index in [1.54, 1.807) is 0 Å². The predicted molar refractivity (Wildman–Crippen MR) is 430 cm³/mol. The van der Waals surface area contributed by atoms with Gasteiger partial charge in [0, 0.05) is 34.1 Å². The van der Waals surface area contributed by atoms with E-state index in [2.05, 4.69) is 434 Å². The van der Waals surface area contributed by atoms with Gasteiger partial charge in [-0.25, -0.2) is 0 Å². The molecular formula is C98H70N2. The van der Waals surface area contributed by atoms with Crippen LogP contribution in [-0.4, -0.2) is 0 Å². The molecule has 2 nitrogen and oxygen atoms in total. The molecule has 0 aliphatic heterocycles. The summed E-state index contributed by atoms with van der Waals surface area (Å²) in [6, 6.07) is 143. The third-order valence-corrected chi connectivity index (χ3v) is 18.9. The van der Waals surface area contributed by atoms with Gasteiger partial charge >= 0.3 is 0 Å². The minimum atomic E-state index is 1.13. The molecule has 2 heteroatoms. The number of para-hydroxylation sites is 4. The van der Waals surface area contributed by atoms with Gasteiger partial charge in [0.1, 0.15) is 0 Å². The molecule has 0 spiro atoms. The number of anilines is 6. The highest BCUT2D eigenvalue weighted by Crippen LogP contribution is 2.52. The molecule has 0 fully saturated rings. The molecule has 0 amide bonds. The van der Waals surface area contributed by atoms with Crippen LogP contribution in [-0.2, 0) is 0 Å². The Bertz CT molecular complexity index is 5160. The number of fused-ring (bicyclic) bond motifs is 4. The van der Waals surface area contributed by atoms with Crippen molar-refractivity contribution in [3.05, 3.63) is 423 Å². The van der Waals surface area contributed by atoms with Crippen molar-refractivity contribution in [3.8, 4) is 55.6 Å². The van der Waals surface area contributed by atoms with Gasteiger partial charge in [0.2, 0.25) is 0 Å². The average molecular weight is 1280 g/mol. The predicted octanol–water partition coefficient (Wildman–Crippen LogP) is 27.6. The SMILES string of the molecule is C(=Cc1ccc(N(c2ccccc2)c2ccccc2)cc1)c1ccc(C=Cc2ccc(N(c3ccccc3)c3ccccc3)cc2)cc1.c1ccc(-c2ccccc2-c2c3ccccc3c(-c3c4ccccc4c(-c4ccccc4-c4ccccc4)c4ccccc34)c3ccccc23)cc1. The molecule has 472 valence electrons. The molecule has 0 aliphatic carbocycles. The fourth-order valence-electron chi connectivity index (χ4n) is 14.3. The topological polar surface area (TPSA) is 6.48 Å². The van der Waals surface area contributed by atoms with Crippen LogP contribution in [0.5, 0.6) is 0 Å². The Morgan fingerprint density at radius 3 is 0.570 bits per heavy atom. The van der Waals surface area contributed by atoms with Crippen LogP contribution in [0.4, 0.5) is 34.1 Å². The van der Waals surface area contributed by atoms with Crippen LogP contribution in [0.1, 0.15) is 22.3 Å². The van der Waals surface area contributed by atoms with E-state index >= 15 is 0 Å². The third-order valence-electron chi connectivity index (χ3n) is 18.9. The number of hydrogen-bond donors (Lipinski definition) is 0. The van der Waals surface area contributed by atoms with E-state index in [4.69, 9.17) is 0 Å². The highest BCUT2D eigenvalue weighted by atomic mass is 15.1. The summed E-state index contributed by atoms with van der Waals surface area (Å²) in [6.07, 6.45) is 8.66. The molecule has 0 N–H and O–H groups in total. The molecular weight excluding hydrogens is 1210 g/mol. The zero-order valence-corrected chi connectivity index (χ0v) is 55.3. The number of nitrogens with zero attached hydrogens (tertiary/aromatic N) is 2. The quantitative estimate of drug-likeness (QED) is 0.0746. The van der Waals surface area contributed by atoms with E-state index in [9.17, 15) is 0 Å². The van der Waals surface area contributed by atoms with Crippen LogP contribution in [0.3, 0.4) is 0 Å². The molecule has 0 aromatic heterocycles. The summed E-state index contributed by atoms with van der Waals surface area (Å²) < 4.78 is 0. The van der Waals surface area contributed by atoms with Crippen molar-refractivity contribution in [2.24, 2.45) is 0 Å². The van der Waals surface area contributed by atoms with Gasteiger partial charge in [0.05, 0.1) is 0 Å². The molecule has 100 heavy (non-hydrogen) atoms. The van der Waals surface area contributed by atoms with Crippen molar-refractivity contribution in [2.45, 2.75) is 0 Å². The molecule has 17 aromatic carbocycles. The highest BCUT2D eigenvalue weighted by Gasteiger charge is 2.24. The Balaban J connectivity index is 0.000000156. The zero-order chi connectivity index (χ0) is 66.8. The molecule has 0 saturated carbocycles. The van der Waals surface area contributed by atoms with Crippen LogP contribution in [0.2, 0.25) is 0 Å². The lowest BCUT2D eigenvalue weighted by molar-refractivity contribution is 1.28. The Hall–Kier alpha value is -13.1. The van der Waals surface area contributed by atoms with E-state index < -0.39 is 0 Å². The second-order valence-electron chi connectivity index (χ2n) is 25.0. The molecule has 17 aromatic rings. The van der Waals surface area contributed by atoms with Gasteiger partial charge in [0.15, 0.2) is 0 Å². The third kappa shape index (κ3) is 12.7. The van der Waals surface area contributed by atoms with E-state index in [0.717, 1.165) is 56.4 Å². The summed E-state index contributed by atoms with van der Waals surface area (Å²) in [5.41, 5.74) is 24.0. The molecule has 0 saturated heterocycles. The second-order valence-corrected chi connectivity index (χ2v) is 25.0. The van der Waals surface area contributed by atoms with Crippen LogP contribution in [0, 0.1) is 0 Å². The zero-order valence-electron chi connectivity index (χ0n) is 55.3. The van der Waals surface area contributed by atoms with Crippen molar-refractivity contribution in [2.75, 3.05) is 9.80 Å². The van der Waals surface area contributed by atoms with Crippen molar-refractivity contribution in [1.82, 2.24) is 0 Å². The minimum absolute atomic E-state index is 1.13. The van der Waals surface area contributed by atoms with Crippen molar-refractivity contribution in [3.63, 3.8) is 0 Å². The van der Waals surface area contributed by atoms with Gasteiger partial charge in [-0.05, 0) is 194 Å². The number of hydrogen-bond acceptors (Lipinski definition) is 2. The van der Waals surface area contributed by atoms with Crippen LogP contribution < -0.4 is 9.80 Å². The van der Waals surface area contributed by atoms with E-state index in [0.29, 0.717) is 0 Å². The highest BCUT2D eigenvalue weighted by molar-refractivity contribution is 6.30. The van der Waals surface area contributed by atoms with Gasteiger partial charge < -0.3 is 9.80 Å². The maximum Gasteiger partial charge on any atom is 0.0462 e. The van der Waals surface area contributed by atoms with Crippen molar-refractivity contribution >= 4 is 102 Å². The van der Waals surface area contributed by atoms with Gasteiger partial charge in [0.25, 0.3) is 0 Å². The smallest absolute Gasteiger partial charge is 0.0462 e. The molecule has 0 atom stereocenters. The monoisotopic (exact) mass is 1270 g/mol. The number of rotatable bonds is 15. The lowest BCUT2D eigenvalue weighted by Crippen LogP contribution is -2.09. The second kappa shape index (κ2) is 28.7. The summed E-state index contributed by atoms with van der Waals surface area (Å²) in [5, 5.41) is 10.0.